The van der Waals surface area contributed by atoms with Crippen molar-refractivity contribution < 1.29 is 9.59 Å². The van der Waals surface area contributed by atoms with E-state index in [1.54, 1.807) is 21.6 Å². The Balaban J connectivity index is 1.63. The molecule has 2 amide bonds. The minimum atomic E-state index is -0.132. The molecular formula is C32H32N2O2S2. The zero-order valence-electron chi connectivity index (χ0n) is 22.6. The maximum absolute atomic E-state index is 13.1. The van der Waals surface area contributed by atoms with Gasteiger partial charge in [0.05, 0.1) is 11.4 Å². The van der Waals surface area contributed by atoms with Crippen LogP contribution in [0.15, 0.2) is 82.6 Å². The third-order valence-electron chi connectivity index (χ3n) is 6.37. The Morgan fingerprint density at radius 1 is 0.526 bits per heavy atom. The molecule has 0 aliphatic rings. The minimum Gasteiger partial charge on any atom is -0.321 e. The van der Waals surface area contributed by atoms with E-state index >= 15 is 0 Å². The van der Waals surface area contributed by atoms with Crippen molar-refractivity contribution in [2.75, 3.05) is 10.6 Å². The fourth-order valence-electron chi connectivity index (χ4n) is 4.12. The van der Waals surface area contributed by atoms with Crippen LogP contribution in [-0.2, 0) is 0 Å². The highest BCUT2D eigenvalue weighted by Gasteiger charge is 2.18. The number of hydrogen-bond donors (Lipinski definition) is 2. The molecule has 0 aliphatic heterocycles. The van der Waals surface area contributed by atoms with E-state index in [2.05, 4.69) is 22.8 Å². The topological polar surface area (TPSA) is 58.2 Å². The van der Waals surface area contributed by atoms with E-state index < -0.39 is 0 Å². The molecule has 4 nitrogen and oxygen atoms in total. The molecule has 38 heavy (non-hydrogen) atoms. The predicted octanol–water partition coefficient (Wildman–Crippen LogP) is 8.84. The number of carbonyl (C=O) groups excluding carboxylic acids is 2. The van der Waals surface area contributed by atoms with Gasteiger partial charge in [0.2, 0.25) is 0 Å². The monoisotopic (exact) mass is 540 g/mol. The van der Waals surface area contributed by atoms with Crippen LogP contribution >= 0.6 is 21.6 Å². The van der Waals surface area contributed by atoms with Crippen molar-refractivity contribution in [3.63, 3.8) is 0 Å². The molecule has 0 saturated heterocycles. The average molecular weight is 541 g/mol. The number of rotatable bonds is 7. The SMILES string of the molecule is Cc1cccc(C(=O)Nc2c(C)ccc(C)c2SSc2c(C)ccc(C)c2NC(=O)c2cccc(C)c2)c1. The molecule has 0 aliphatic carbocycles. The normalized spacial score (nSPS) is 10.8. The second-order valence-corrected chi connectivity index (χ2v) is 11.8. The number of carbonyl (C=O) groups is 2. The molecule has 4 aromatic rings. The van der Waals surface area contributed by atoms with Gasteiger partial charge in [0.25, 0.3) is 11.8 Å². The molecule has 194 valence electrons. The molecule has 0 spiro atoms. The van der Waals surface area contributed by atoms with Crippen molar-refractivity contribution in [1.82, 2.24) is 0 Å². The number of aryl methyl sites for hydroxylation is 6. The number of hydrogen-bond acceptors (Lipinski definition) is 4. The molecule has 0 aromatic heterocycles. The Hall–Kier alpha value is -3.48. The van der Waals surface area contributed by atoms with Crippen molar-refractivity contribution in [1.29, 1.82) is 0 Å². The van der Waals surface area contributed by atoms with Crippen LogP contribution in [0.4, 0.5) is 11.4 Å². The van der Waals surface area contributed by atoms with E-state index in [-0.39, 0.29) is 11.8 Å². The summed E-state index contributed by atoms with van der Waals surface area (Å²) in [4.78, 5) is 28.2. The van der Waals surface area contributed by atoms with E-state index in [0.29, 0.717) is 11.1 Å². The highest BCUT2D eigenvalue weighted by molar-refractivity contribution is 8.76. The van der Waals surface area contributed by atoms with E-state index in [4.69, 9.17) is 0 Å². The Kier molecular flexibility index (Phi) is 8.65. The van der Waals surface area contributed by atoms with Crippen molar-refractivity contribution >= 4 is 44.8 Å². The third-order valence-corrected chi connectivity index (χ3v) is 9.09. The first-order valence-electron chi connectivity index (χ1n) is 12.4. The summed E-state index contributed by atoms with van der Waals surface area (Å²) in [6, 6.07) is 23.4. The fourth-order valence-corrected chi connectivity index (χ4v) is 7.07. The Bertz CT molecular complexity index is 1410. The zero-order valence-corrected chi connectivity index (χ0v) is 24.2. The third kappa shape index (κ3) is 6.32. The summed E-state index contributed by atoms with van der Waals surface area (Å²) in [5.41, 5.74) is 9.09. The summed E-state index contributed by atoms with van der Waals surface area (Å²) in [6.07, 6.45) is 0. The zero-order chi connectivity index (χ0) is 27.4. The molecule has 0 fully saturated rings. The van der Waals surface area contributed by atoms with Crippen LogP contribution < -0.4 is 10.6 Å². The summed E-state index contributed by atoms with van der Waals surface area (Å²) in [5.74, 6) is -0.265. The van der Waals surface area contributed by atoms with Gasteiger partial charge in [-0.05, 0) is 110 Å². The molecule has 0 saturated carbocycles. The first kappa shape index (κ1) is 27.6. The highest BCUT2D eigenvalue weighted by Crippen LogP contribution is 2.48. The molecule has 0 heterocycles. The molecule has 0 atom stereocenters. The van der Waals surface area contributed by atoms with E-state index in [9.17, 15) is 9.59 Å². The second kappa shape index (κ2) is 11.9. The van der Waals surface area contributed by atoms with Gasteiger partial charge in [0.15, 0.2) is 0 Å². The lowest BCUT2D eigenvalue weighted by atomic mass is 10.1. The summed E-state index contributed by atoms with van der Waals surface area (Å²) >= 11 is 0. The van der Waals surface area contributed by atoms with E-state index in [1.165, 1.54) is 0 Å². The molecular weight excluding hydrogens is 508 g/mol. The van der Waals surface area contributed by atoms with E-state index in [0.717, 1.165) is 54.5 Å². The standard InChI is InChI=1S/C32H32N2O2S2/c1-19-9-7-11-25(17-19)31(35)33-27-21(3)13-15-23(5)29(27)37-38-30-24(6)16-14-22(4)28(30)34-32(36)26-12-8-10-20(2)18-26/h7-18H,1-6H3,(H,33,35)(H,34,36). The largest absolute Gasteiger partial charge is 0.321 e. The van der Waals surface area contributed by atoms with Gasteiger partial charge in [0.1, 0.15) is 0 Å². The van der Waals surface area contributed by atoms with Crippen molar-refractivity contribution in [2.45, 2.75) is 51.3 Å². The first-order chi connectivity index (χ1) is 18.1. The van der Waals surface area contributed by atoms with E-state index in [1.807, 2.05) is 102 Å². The summed E-state index contributed by atoms with van der Waals surface area (Å²) < 4.78 is 0. The Morgan fingerprint density at radius 2 is 0.895 bits per heavy atom. The van der Waals surface area contributed by atoms with Crippen molar-refractivity contribution in [3.8, 4) is 0 Å². The molecule has 6 heteroatoms. The molecule has 0 unspecified atom stereocenters. The lowest BCUT2D eigenvalue weighted by Crippen LogP contribution is -2.14. The van der Waals surface area contributed by atoms with Gasteiger partial charge in [-0.2, -0.15) is 0 Å². The van der Waals surface area contributed by atoms with Crippen LogP contribution in [0, 0.1) is 41.5 Å². The highest BCUT2D eigenvalue weighted by atomic mass is 33.1. The lowest BCUT2D eigenvalue weighted by molar-refractivity contribution is 0.101. The fraction of sp³-hybridized carbons (Fsp3) is 0.188. The molecule has 4 aromatic carbocycles. The minimum absolute atomic E-state index is 0.132. The number of nitrogens with one attached hydrogen (secondary N) is 2. The summed E-state index contributed by atoms with van der Waals surface area (Å²) in [5, 5.41) is 6.31. The van der Waals surface area contributed by atoms with Gasteiger partial charge in [-0.1, -0.05) is 59.7 Å². The quantitative estimate of drug-likeness (QED) is 0.230. The summed E-state index contributed by atoms with van der Waals surface area (Å²) in [7, 11) is 3.19. The predicted molar refractivity (Wildman–Crippen MR) is 162 cm³/mol. The maximum Gasteiger partial charge on any atom is 0.255 e. The average Bonchev–Trinajstić information content (AvgIpc) is 2.89. The van der Waals surface area contributed by atoms with Crippen LogP contribution in [0.1, 0.15) is 54.1 Å². The van der Waals surface area contributed by atoms with Crippen LogP contribution in [0.25, 0.3) is 0 Å². The molecule has 0 radical (unpaired) electrons. The van der Waals surface area contributed by atoms with Crippen LogP contribution in [0.2, 0.25) is 0 Å². The number of benzene rings is 4. The van der Waals surface area contributed by atoms with Gasteiger partial charge in [-0.15, -0.1) is 0 Å². The molecule has 2 N–H and O–H groups in total. The number of amides is 2. The van der Waals surface area contributed by atoms with Gasteiger partial charge < -0.3 is 10.6 Å². The van der Waals surface area contributed by atoms with Crippen LogP contribution in [0.3, 0.4) is 0 Å². The lowest BCUT2D eigenvalue weighted by Gasteiger charge is -2.19. The molecule has 4 rings (SSSR count). The van der Waals surface area contributed by atoms with Gasteiger partial charge in [-0.25, -0.2) is 0 Å². The number of anilines is 2. The van der Waals surface area contributed by atoms with Gasteiger partial charge >= 0.3 is 0 Å². The van der Waals surface area contributed by atoms with Crippen molar-refractivity contribution in [2.24, 2.45) is 0 Å². The Labute approximate surface area is 233 Å². The van der Waals surface area contributed by atoms with Gasteiger partial charge in [-0.3, -0.25) is 9.59 Å². The van der Waals surface area contributed by atoms with Crippen LogP contribution in [-0.4, -0.2) is 11.8 Å². The summed E-state index contributed by atoms with van der Waals surface area (Å²) in [6.45, 7) is 12.1. The maximum atomic E-state index is 13.1. The smallest absolute Gasteiger partial charge is 0.255 e. The van der Waals surface area contributed by atoms with Gasteiger partial charge in [0, 0.05) is 20.9 Å². The first-order valence-corrected chi connectivity index (χ1v) is 14.6. The van der Waals surface area contributed by atoms with Crippen LogP contribution in [0.5, 0.6) is 0 Å². The van der Waals surface area contributed by atoms with Crippen molar-refractivity contribution in [3.05, 3.63) is 117 Å². The Morgan fingerprint density at radius 3 is 1.26 bits per heavy atom. The molecule has 0 bridgehead atoms. The second-order valence-electron chi connectivity index (χ2n) is 9.62.